The molecule has 2 heterocycles. The number of furan rings is 1. The largest absolute Gasteiger partial charge is 0.469 e. The van der Waals surface area contributed by atoms with Gasteiger partial charge in [-0.2, -0.15) is 5.10 Å². The van der Waals surface area contributed by atoms with Gasteiger partial charge in [0.1, 0.15) is 5.76 Å². The number of nitrogens with zero attached hydrogens (tertiary/aromatic N) is 3. The molecule has 0 saturated heterocycles. The average molecular weight is 339 g/mol. The smallest absolute Gasteiger partial charge is 0.246 e. The first-order valence-corrected chi connectivity index (χ1v) is 9.15. The lowest BCUT2D eigenvalue weighted by atomic mass is 9.93. The van der Waals surface area contributed by atoms with E-state index in [4.69, 9.17) is 4.42 Å². The monoisotopic (exact) mass is 339 g/mol. The van der Waals surface area contributed by atoms with Gasteiger partial charge in [0, 0.05) is 30.3 Å². The van der Waals surface area contributed by atoms with Gasteiger partial charge < -0.3 is 9.32 Å². The fraction of sp³-hybridized carbons (Fsp3) is 0.500. The molecule has 0 radical (unpaired) electrons. The summed E-state index contributed by atoms with van der Waals surface area (Å²) in [6, 6.07) is 4.50. The van der Waals surface area contributed by atoms with Gasteiger partial charge in [0.15, 0.2) is 0 Å². The maximum atomic E-state index is 12.3. The highest BCUT2D eigenvalue weighted by Gasteiger charge is 2.42. The second kappa shape index (κ2) is 6.54. The van der Waals surface area contributed by atoms with E-state index in [1.165, 1.54) is 31.0 Å². The molecule has 2 saturated carbocycles. The number of amides is 1. The predicted molar refractivity (Wildman–Crippen MR) is 95.0 cm³/mol. The number of carbonyl (C=O) groups is 1. The molecule has 2 aliphatic carbocycles. The summed E-state index contributed by atoms with van der Waals surface area (Å²) in [6.45, 7) is 7.12. The van der Waals surface area contributed by atoms with Crippen LogP contribution in [0, 0.1) is 12.8 Å². The first-order valence-electron chi connectivity index (χ1n) is 9.15. The van der Waals surface area contributed by atoms with Gasteiger partial charge in [-0.3, -0.25) is 9.48 Å². The van der Waals surface area contributed by atoms with Crippen LogP contribution in [0.25, 0.3) is 0 Å². The quantitative estimate of drug-likeness (QED) is 0.721. The van der Waals surface area contributed by atoms with Crippen molar-refractivity contribution in [1.29, 1.82) is 0 Å². The van der Waals surface area contributed by atoms with Gasteiger partial charge in [-0.05, 0) is 56.7 Å². The summed E-state index contributed by atoms with van der Waals surface area (Å²) in [7, 11) is 0. The minimum absolute atomic E-state index is 0.0131. The van der Waals surface area contributed by atoms with E-state index in [2.05, 4.69) is 23.3 Å². The minimum atomic E-state index is -0.0131. The van der Waals surface area contributed by atoms with Crippen molar-refractivity contribution in [2.24, 2.45) is 5.92 Å². The molecule has 0 spiro atoms. The molecule has 0 N–H and O–H groups in total. The van der Waals surface area contributed by atoms with E-state index in [0.717, 1.165) is 24.3 Å². The number of hydrogen-bond donors (Lipinski definition) is 0. The standard InChI is InChI=1S/C20H25N3O2/c1-3-20(24)22(12-15-10-18(15)19-8-5-9-25-19)13-16-11-21-23(14(16)2)17-6-4-7-17/h3,5,8-9,11,15,17-18H,1,4,6-7,10,12-13H2,2H3/t15-,18+/m0/s1. The highest BCUT2D eigenvalue weighted by molar-refractivity contribution is 5.87. The molecule has 0 aromatic carbocycles. The summed E-state index contributed by atoms with van der Waals surface area (Å²) < 4.78 is 7.64. The summed E-state index contributed by atoms with van der Waals surface area (Å²) >= 11 is 0. The lowest BCUT2D eigenvalue weighted by molar-refractivity contribution is -0.126. The van der Waals surface area contributed by atoms with Crippen molar-refractivity contribution in [3.05, 3.63) is 54.3 Å². The van der Waals surface area contributed by atoms with Crippen LogP contribution in [-0.2, 0) is 11.3 Å². The van der Waals surface area contributed by atoms with Gasteiger partial charge in [0.25, 0.3) is 0 Å². The Bertz CT molecular complexity index is 758. The topological polar surface area (TPSA) is 51.3 Å². The molecule has 4 rings (SSSR count). The number of carbonyl (C=O) groups excluding carboxylic acids is 1. The Morgan fingerprint density at radius 2 is 2.36 bits per heavy atom. The molecule has 5 nitrogen and oxygen atoms in total. The van der Waals surface area contributed by atoms with Crippen LogP contribution in [0.1, 0.15) is 54.7 Å². The molecule has 5 heteroatoms. The van der Waals surface area contributed by atoms with E-state index in [1.807, 2.05) is 23.2 Å². The van der Waals surface area contributed by atoms with Crippen molar-refractivity contribution in [2.75, 3.05) is 6.54 Å². The SMILES string of the molecule is C=CC(=O)N(Cc1cnn(C2CCC2)c1C)C[C@@H]1C[C@H]1c1ccco1. The molecule has 0 aliphatic heterocycles. The summed E-state index contributed by atoms with van der Waals surface area (Å²) in [5.41, 5.74) is 2.32. The molecule has 0 unspecified atom stereocenters. The Labute approximate surface area is 148 Å². The highest BCUT2D eigenvalue weighted by atomic mass is 16.3. The van der Waals surface area contributed by atoms with Gasteiger partial charge in [0.05, 0.1) is 18.5 Å². The number of hydrogen-bond acceptors (Lipinski definition) is 3. The molecular formula is C20H25N3O2. The van der Waals surface area contributed by atoms with Crippen molar-refractivity contribution in [1.82, 2.24) is 14.7 Å². The fourth-order valence-corrected chi connectivity index (χ4v) is 3.76. The van der Waals surface area contributed by atoms with Gasteiger partial charge in [-0.1, -0.05) is 6.58 Å². The molecular weight excluding hydrogens is 314 g/mol. The summed E-state index contributed by atoms with van der Waals surface area (Å²) in [5.74, 6) is 1.93. The van der Waals surface area contributed by atoms with Gasteiger partial charge >= 0.3 is 0 Å². The normalized spacial score (nSPS) is 22.4. The van der Waals surface area contributed by atoms with Crippen LogP contribution in [0.2, 0.25) is 0 Å². The van der Waals surface area contributed by atoms with E-state index in [1.54, 1.807) is 6.26 Å². The number of rotatable bonds is 7. The maximum Gasteiger partial charge on any atom is 0.246 e. The minimum Gasteiger partial charge on any atom is -0.469 e. The van der Waals surface area contributed by atoms with Crippen LogP contribution >= 0.6 is 0 Å². The molecule has 132 valence electrons. The molecule has 2 aromatic rings. The van der Waals surface area contributed by atoms with E-state index in [-0.39, 0.29) is 5.91 Å². The van der Waals surface area contributed by atoms with Gasteiger partial charge in [-0.25, -0.2) is 0 Å². The maximum absolute atomic E-state index is 12.3. The van der Waals surface area contributed by atoms with Crippen LogP contribution < -0.4 is 0 Å². The van der Waals surface area contributed by atoms with Gasteiger partial charge in [0.2, 0.25) is 5.91 Å². The zero-order valence-electron chi connectivity index (χ0n) is 14.7. The summed E-state index contributed by atoms with van der Waals surface area (Å²) in [6.07, 6.45) is 9.85. The second-order valence-electron chi connectivity index (χ2n) is 7.33. The molecule has 1 amide bonds. The molecule has 2 fully saturated rings. The van der Waals surface area contributed by atoms with E-state index >= 15 is 0 Å². The van der Waals surface area contributed by atoms with Crippen LogP contribution in [0.3, 0.4) is 0 Å². The van der Waals surface area contributed by atoms with Crippen LogP contribution in [0.4, 0.5) is 0 Å². The van der Waals surface area contributed by atoms with Crippen molar-refractivity contribution in [3.8, 4) is 0 Å². The van der Waals surface area contributed by atoms with Crippen molar-refractivity contribution < 1.29 is 9.21 Å². The zero-order valence-corrected chi connectivity index (χ0v) is 14.7. The van der Waals surface area contributed by atoms with Crippen LogP contribution in [0.5, 0.6) is 0 Å². The van der Waals surface area contributed by atoms with Crippen molar-refractivity contribution in [3.63, 3.8) is 0 Å². The fourth-order valence-electron chi connectivity index (χ4n) is 3.76. The first-order chi connectivity index (χ1) is 12.2. The first kappa shape index (κ1) is 16.2. The van der Waals surface area contributed by atoms with Crippen LogP contribution in [-0.4, -0.2) is 27.1 Å². The Balaban J connectivity index is 1.44. The Kier molecular flexibility index (Phi) is 4.24. The third-order valence-electron chi connectivity index (χ3n) is 5.70. The van der Waals surface area contributed by atoms with E-state index < -0.39 is 0 Å². The Morgan fingerprint density at radius 3 is 3.00 bits per heavy atom. The Morgan fingerprint density at radius 1 is 1.52 bits per heavy atom. The molecule has 2 atom stereocenters. The second-order valence-corrected chi connectivity index (χ2v) is 7.33. The molecule has 25 heavy (non-hydrogen) atoms. The van der Waals surface area contributed by atoms with Crippen molar-refractivity contribution in [2.45, 2.75) is 51.1 Å². The van der Waals surface area contributed by atoms with Crippen molar-refractivity contribution >= 4 is 5.91 Å². The lowest BCUT2D eigenvalue weighted by Gasteiger charge is -2.27. The van der Waals surface area contributed by atoms with Gasteiger partial charge in [-0.15, -0.1) is 0 Å². The zero-order chi connectivity index (χ0) is 17.4. The Hall–Kier alpha value is -2.30. The van der Waals surface area contributed by atoms with E-state index in [9.17, 15) is 4.79 Å². The molecule has 0 bridgehead atoms. The van der Waals surface area contributed by atoms with E-state index in [0.29, 0.717) is 24.4 Å². The third-order valence-corrected chi connectivity index (χ3v) is 5.70. The molecule has 2 aliphatic rings. The highest BCUT2D eigenvalue weighted by Crippen LogP contribution is 2.48. The molecule has 2 aromatic heterocycles. The summed E-state index contributed by atoms with van der Waals surface area (Å²) in [5, 5.41) is 4.56. The lowest BCUT2D eigenvalue weighted by Crippen LogP contribution is -2.31. The average Bonchev–Trinajstić information content (AvgIpc) is 2.96. The predicted octanol–water partition coefficient (Wildman–Crippen LogP) is 3.83. The third kappa shape index (κ3) is 3.15. The summed E-state index contributed by atoms with van der Waals surface area (Å²) in [4.78, 5) is 14.2. The number of aromatic nitrogens is 2. The van der Waals surface area contributed by atoms with Crippen LogP contribution in [0.15, 0.2) is 41.7 Å².